The van der Waals surface area contributed by atoms with E-state index in [0.717, 1.165) is 22.4 Å². The van der Waals surface area contributed by atoms with Gasteiger partial charge in [0.05, 0.1) is 16.3 Å². The summed E-state index contributed by atoms with van der Waals surface area (Å²) in [4.78, 5) is 7.53. The predicted molar refractivity (Wildman–Crippen MR) is 118 cm³/mol. The van der Waals surface area contributed by atoms with Gasteiger partial charge in [0.15, 0.2) is 16.8 Å². The minimum Gasteiger partial charge on any atom is -0.510 e. The van der Waals surface area contributed by atoms with Gasteiger partial charge in [0, 0.05) is 12.1 Å². The molecule has 0 amide bonds. The zero-order valence-electron chi connectivity index (χ0n) is 16.6. The Bertz CT molecular complexity index is 1220. The van der Waals surface area contributed by atoms with Crippen molar-refractivity contribution < 1.29 is 5.11 Å². The molecular formula is C22H20N6OS. The fourth-order valence-electron chi connectivity index (χ4n) is 3.18. The molecule has 0 saturated heterocycles. The number of benzene rings is 2. The van der Waals surface area contributed by atoms with Crippen LogP contribution < -0.4 is 0 Å². The molecule has 0 bridgehead atoms. The van der Waals surface area contributed by atoms with E-state index in [2.05, 4.69) is 26.2 Å². The largest absolute Gasteiger partial charge is 0.510 e. The third-order valence-electron chi connectivity index (χ3n) is 4.73. The number of imidazole rings is 1. The Kier molecular flexibility index (Phi) is 5.55. The van der Waals surface area contributed by atoms with Crippen molar-refractivity contribution in [3.63, 3.8) is 0 Å². The normalized spacial score (nSPS) is 13.1. The molecule has 4 rings (SSSR count). The molecule has 2 heterocycles. The van der Waals surface area contributed by atoms with Gasteiger partial charge in [0.1, 0.15) is 17.4 Å². The lowest BCUT2D eigenvalue weighted by Crippen LogP contribution is -2.07. The van der Waals surface area contributed by atoms with Crippen molar-refractivity contribution in [2.75, 3.05) is 0 Å². The Labute approximate surface area is 178 Å². The summed E-state index contributed by atoms with van der Waals surface area (Å²) < 4.78 is 2.00. The number of aliphatic hydroxyl groups is 1. The molecular weight excluding hydrogens is 396 g/mol. The molecule has 0 saturated carbocycles. The zero-order valence-corrected chi connectivity index (χ0v) is 17.4. The van der Waals surface area contributed by atoms with Crippen LogP contribution in [0, 0.1) is 11.3 Å². The van der Waals surface area contributed by atoms with Crippen molar-refractivity contribution in [2.24, 2.45) is 0 Å². The Morgan fingerprint density at radius 1 is 1.17 bits per heavy atom. The highest BCUT2D eigenvalue weighted by molar-refractivity contribution is 7.99. The molecule has 0 fully saturated rings. The summed E-state index contributed by atoms with van der Waals surface area (Å²) in [5, 5.41) is 29.4. The SMILES string of the molecule is CCn1c(S[C@H](C)/C(O)=C(\C#N)c2nc3ccccc3[nH]2)nnc1-c1ccccc1. The van der Waals surface area contributed by atoms with Crippen molar-refractivity contribution in [3.8, 4) is 17.5 Å². The number of nitriles is 1. The lowest BCUT2D eigenvalue weighted by atomic mass is 10.2. The maximum Gasteiger partial charge on any atom is 0.192 e. The number of nitrogens with one attached hydrogen (secondary N) is 1. The summed E-state index contributed by atoms with van der Waals surface area (Å²) >= 11 is 1.35. The first kappa shape index (κ1) is 19.7. The number of nitrogens with zero attached hydrogens (tertiary/aromatic N) is 5. The second-order valence-electron chi connectivity index (χ2n) is 6.65. The van der Waals surface area contributed by atoms with Gasteiger partial charge in [-0.25, -0.2) is 4.98 Å². The summed E-state index contributed by atoms with van der Waals surface area (Å²) in [7, 11) is 0. The number of fused-ring (bicyclic) bond motifs is 1. The molecule has 4 aromatic rings. The van der Waals surface area contributed by atoms with Crippen LogP contribution in [0.4, 0.5) is 0 Å². The highest BCUT2D eigenvalue weighted by Gasteiger charge is 2.22. The first-order chi connectivity index (χ1) is 14.6. The predicted octanol–water partition coefficient (Wildman–Crippen LogP) is 4.81. The molecule has 0 aliphatic rings. The van der Waals surface area contributed by atoms with E-state index < -0.39 is 5.25 Å². The molecule has 0 unspecified atom stereocenters. The molecule has 0 aliphatic carbocycles. The van der Waals surface area contributed by atoms with Crippen molar-refractivity contribution >= 4 is 28.4 Å². The molecule has 0 radical (unpaired) electrons. The zero-order chi connectivity index (χ0) is 21.1. The van der Waals surface area contributed by atoms with Crippen LogP contribution in [0.1, 0.15) is 19.7 Å². The van der Waals surface area contributed by atoms with E-state index in [0.29, 0.717) is 17.5 Å². The summed E-state index contributed by atoms with van der Waals surface area (Å²) in [6.45, 7) is 4.54. The van der Waals surface area contributed by atoms with E-state index >= 15 is 0 Å². The van der Waals surface area contributed by atoms with Gasteiger partial charge in [0.2, 0.25) is 0 Å². The van der Waals surface area contributed by atoms with Gasteiger partial charge in [-0.3, -0.25) is 0 Å². The molecule has 1 atom stereocenters. The first-order valence-corrected chi connectivity index (χ1v) is 10.4. The monoisotopic (exact) mass is 416 g/mol. The Morgan fingerprint density at radius 2 is 1.90 bits per heavy atom. The van der Waals surface area contributed by atoms with Gasteiger partial charge in [-0.15, -0.1) is 10.2 Å². The third-order valence-corrected chi connectivity index (χ3v) is 5.82. The smallest absolute Gasteiger partial charge is 0.192 e. The number of rotatable bonds is 6. The maximum atomic E-state index is 10.8. The molecule has 2 aromatic heterocycles. The minimum absolute atomic E-state index is 0.0477. The lowest BCUT2D eigenvalue weighted by Gasteiger charge is -2.12. The summed E-state index contributed by atoms with van der Waals surface area (Å²) in [6.07, 6.45) is 0. The van der Waals surface area contributed by atoms with Crippen LogP contribution >= 0.6 is 11.8 Å². The van der Waals surface area contributed by atoms with E-state index in [1.807, 2.05) is 73.0 Å². The average Bonchev–Trinajstić information content (AvgIpc) is 3.38. The van der Waals surface area contributed by atoms with Crippen LogP contribution in [-0.2, 0) is 6.54 Å². The molecule has 8 heteroatoms. The van der Waals surface area contributed by atoms with E-state index in [9.17, 15) is 10.4 Å². The van der Waals surface area contributed by atoms with E-state index in [4.69, 9.17) is 0 Å². The number of aromatic amines is 1. The number of allylic oxidation sites excluding steroid dienone is 1. The highest BCUT2D eigenvalue weighted by Crippen LogP contribution is 2.31. The Hall–Kier alpha value is -3.57. The van der Waals surface area contributed by atoms with Crippen molar-refractivity contribution in [1.29, 1.82) is 5.26 Å². The number of para-hydroxylation sites is 2. The number of hydrogen-bond acceptors (Lipinski definition) is 6. The second-order valence-corrected chi connectivity index (χ2v) is 7.96. The minimum atomic E-state index is -0.411. The van der Waals surface area contributed by atoms with Crippen molar-refractivity contribution in [1.82, 2.24) is 24.7 Å². The highest BCUT2D eigenvalue weighted by atomic mass is 32.2. The van der Waals surface area contributed by atoms with E-state index in [1.54, 1.807) is 0 Å². The number of aromatic nitrogens is 5. The lowest BCUT2D eigenvalue weighted by molar-refractivity contribution is 0.401. The van der Waals surface area contributed by atoms with Gasteiger partial charge in [-0.2, -0.15) is 5.26 Å². The Morgan fingerprint density at radius 3 is 2.60 bits per heavy atom. The van der Waals surface area contributed by atoms with E-state index in [1.165, 1.54) is 11.8 Å². The first-order valence-electron chi connectivity index (χ1n) is 9.56. The maximum absolute atomic E-state index is 10.8. The quantitative estimate of drug-likeness (QED) is 0.265. The van der Waals surface area contributed by atoms with Crippen LogP contribution in [0.25, 0.3) is 28.0 Å². The number of hydrogen-bond donors (Lipinski definition) is 2. The van der Waals surface area contributed by atoms with Gasteiger partial charge in [-0.1, -0.05) is 54.2 Å². The summed E-state index contributed by atoms with van der Waals surface area (Å²) in [5.41, 5.74) is 2.65. The number of thioether (sulfide) groups is 1. The standard InChI is InChI=1S/C22H20N6OS/c1-3-28-21(15-9-5-4-6-10-15)26-27-22(28)30-14(2)19(29)16(13-23)20-24-17-11-7-8-12-18(17)25-20/h4-12,14,29H,3H2,1-2H3,(H,24,25)/b19-16-/t14-/m1/s1. The Balaban J connectivity index is 1.65. The number of aliphatic hydroxyl groups excluding tert-OH is 1. The van der Waals surface area contributed by atoms with Crippen LogP contribution in [0.3, 0.4) is 0 Å². The average molecular weight is 417 g/mol. The van der Waals surface area contributed by atoms with Crippen LogP contribution in [0.5, 0.6) is 0 Å². The molecule has 7 nitrogen and oxygen atoms in total. The second kappa shape index (κ2) is 8.43. The van der Waals surface area contributed by atoms with Crippen LogP contribution in [0.2, 0.25) is 0 Å². The summed E-state index contributed by atoms with van der Waals surface area (Å²) in [5.74, 6) is 1.08. The molecule has 150 valence electrons. The van der Waals surface area contributed by atoms with Gasteiger partial charge in [-0.05, 0) is 26.0 Å². The fraction of sp³-hybridized carbons (Fsp3) is 0.182. The molecule has 0 spiro atoms. The van der Waals surface area contributed by atoms with Crippen molar-refractivity contribution in [3.05, 3.63) is 66.2 Å². The topological polar surface area (TPSA) is 103 Å². The molecule has 2 N–H and O–H groups in total. The van der Waals surface area contributed by atoms with Crippen LogP contribution in [-0.4, -0.2) is 35.1 Å². The van der Waals surface area contributed by atoms with Crippen LogP contribution in [0.15, 0.2) is 65.5 Å². The third kappa shape index (κ3) is 3.67. The number of H-pyrrole nitrogens is 1. The summed E-state index contributed by atoms with van der Waals surface area (Å²) in [6, 6.07) is 19.4. The molecule has 2 aromatic carbocycles. The van der Waals surface area contributed by atoms with Gasteiger partial charge in [0.25, 0.3) is 0 Å². The molecule has 0 aliphatic heterocycles. The van der Waals surface area contributed by atoms with Crippen molar-refractivity contribution in [2.45, 2.75) is 30.8 Å². The molecule has 30 heavy (non-hydrogen) atoms. The van der Waals surface area contributed by atoms with E-state index in [-0.39, 0.29) is 11.3 Å². The van der Waals surface area contributed by atoms with Gasteiger partial charge >= 0.3 is 0 Å². The fourth-order valence-corrected chi connectivity index (χ4v) is 4.16. The van der Waals surface area contributed by atoms with Gasteiger partial charge < -0.3 is 14.7 Å².